The molecular formula is C21H21F3N2O4. The Morgan fingerprint density at radius 3 is 2.57 bits per heavy atom. The lowest BCUT2D eigenvalue weighted by atomic mass is 10.2. The second kappa shape index (κ2) is 10.9. The zero-order valence-electron chi connectivity index (χ0n) is 16.2. The van der Waals surface area contributed by atoms with Crippen molar-refractivity contribution in [3.8, 4) is 11.5 Å². The van der Waals surface area contributed by atoms with Crippen LogP contribution in [0.5, 0.6) is 11.5 Å². The van der Waals surface area contributed by atoms with E-state index in [2.05, 4.69) is 16.6 Å². The summed E-state index contributed by atoms with van der Waals surface area (Å²) < 4.78 is 47.9. The van der Waals surface area contributed by atoms with Gasteiger partial charge in [-0.3, -0.25) is 9.59 Å². The van der Waals surface area contributed by atoms with E-state index < -0.39 is 24.2 Å². The molecule has 1 N–H and O–H groups in total. The number of carbonyl (C=O) groups is 2. The number of rotatable bonds is 10. The fourth-order valence-corrected chi connectivity index (χ4v) is 2.61. The summed E-state index contributed by atoms with van der Waals surface area (Å²) in [5.41, 5.74) is 0.420. The number of methoxy groups -OCH3 is 1. The molecule has 160 valence electrons. The first-order valence-electron chi connectivity index (χ1n) is 8.88. The van der Waals surface area contributed by atoms with Gasteiger partial charge < -0.3 is 19.7 Å². The molecule has 9 heteroatoms. The highest BCUT2D eigenvalue weighted by atomic mass is 19.3. The van der Waals surface area contributed by atoms with Crippen molar-refractivity contribution in [2.75, 3.05) is 20.2 Å². The van der Waals surface area contributed by atoms with Crippen LogP contribution in [0.25, 0.3) is 0 Å². The summed E-state index contributed by atoms with van der Waals surface area (Å²) in [7, 11) is 1.24. The molecule has 0 aliphatic heterocycles. The quantitative estimate of drug-likeness (QED) is 0.596. The number of nitrogens with one attached hydrogen (secondary N) is 1. The number of alkyl halides is 2. The van der Waals surface area contributed by atoms with E-state index in [1.165, 1.54) is 42.4 Å². The highest BCUT2D eigenvalue weighted by Gasteiger charge is 2.18. The molecule has 6 nitrogen and oxygen atoms in total. The second-order valence-electron chi connectivity index (χ2n) is 6.08. The predicted molar refractivity (Wildman–Crippen MR) is 104 cm³/mol. The molecule has 2 aromatic rings. The molecular weight excluding hydrogens is 401 g/mol. The van der Waals surface area contributed by atoms with Crippen LogP contribution in [0.3, 0.4) is 0 Å². The number of amides is 2. The zero-order chi connectivity index (χ0) is 22.1. The highest BCUT2D eigenvalue weighted by molar-refractivity contribution is 5.97. The van der Waals surface area contributed by atoms with Crippen LogP contribution < -0.4 is 14.8 Å². The molecule has 0 saturated carbocycles. The van der Waals surface area contributed by atoms with Gasteiger partial charge in [-0.25, -0.2) is 4.39 Å². The van der Waals surface area contributed by atoms with Crippen molar-refractivity contribution in [1.82, 2.24) is 10.2 Å². The van der Waals surface area contributed by atoms with Gasteiger partial charge in [0.05, 0.1) is 13.7 Å². The molecule has 30 heavy (non-hydrogen) atoms. The number of nitrogens with zero attached hydrogens (tertiary/aromatic N) is 1. The average Bonchev–Trinajstić information content (AvgIpc) is 2.72. The molecule has 0 unspecified atom stereocenters. The number of ether oxygens (including phenoxy) is 2. The summed E-state index contributed by atoms with van der Waals surface area (Å²) in [5.74, 6) is -1.78. The molecule has 0 spiro atoms. The van der Waals surface area contributed by atoms with Crippen LogP contribution >= 0.6 is 0 Å². The smallest absolute Gasteiger partial charge is 0.387 e. The third kappa shape index (κ3) is 6.26. The summed E-state index contributed by atoms with van der Waals surface area (Å²) in [6.45, 7) is 0.373. The Kier molecular flexibility index (Phi) is 8.28. The Bertz CT molecular complexity index is 906. The number of benzene rings is 2. The molecule has 0 aliphatic rings. The van der Waals surface area contributed by atoms with Crippen molar-refractivity contribution in [2.24, 2.45) is 0 Å². The first-order chi connectivity index (χ1) is 14.3. The van der Waals surface area contributed by atoms with E-state index in [4.69, 9.17) is 4.74 Å². The lowest BCUT2D eigenvalue weighted by Crippen LogP contribution is -2.40. The van der Waals surface area contributed by atoms with E-state index in [1.807, 2.05) is 0 Å². The molecule has 0 saturated heterocycles. The average molecular weight is 422 g/mol. The van der Waals surface area contributed by atoms with Crippen molar-refractivity contribution in [2.45, 2.75) is 13.2 Å². The first-order valence-corrected chi connectivity index (χ1v) is 8.88. The first kappa shape index (κ1) is 22.8. The normalized spacial score (nSPS) is 10.4. The zero-order valence-corrected chi connectivity index (χ0v) is 16.2. The summed E-state index contributed by atoms with van der Waals surface area (Å²) in [5, 5.41) is 2.45. The maximum Gasteiger partial charge on any atom is 0.387 e. The minimum absolute atomic E-state index is 0.0148. The van der Waals surface area contributed by atoms with Crippen molar-refractivity contribution in [3.05, 3.63) is 72.1 Å². The molecule has 2 rings (SSSR count). The van der Waals surface area contributed by atoms with Gasteiger partial charge in [-0.2, -0.15) is 8.78 Å². The summed E-state index contributed by atoms with van der Waals surface area (Å²) in [6.07, 6.45) is 1.49. The monoisotopic (exact) mass is 422 g/mol. The molecule has 2 aromatic carbocycles. The fourth-order valence-electron chi connectivity index (χ4n) is 2.61. The van der Waals surface area contributed by atoms with Gasteiger partial charge in [0.15, 0.2) is 11.5 Å². The molecule has 0 heterocycles. The van der Waals surface area contributed by atoms with Crippen LogP contribution in [0, 0.1) is 5.82 Å². The van der Waals surface area contributed by atoms with E-state index in [1.54, 1.807) is 18.2 Å². The lowest BCUT2D eigenvalue weighted by molar-refractivity contribution is -0.130. The topological polar surface area (TPSA) is 67.9 Å². The number of carbonyl (C=O) groups excluding carboxylic acids is 2. The Morgan fingerprint density at radius 2 is 1.93 bits per heavy atom. The molecule has 0 fully saturated rings. The van der Waals surface area contributed by atoms with Crippen molar-refractivity contribution in [3.63, 3.8) is 0 Å². The van der Waals surface area contributed by atoms with Crippen LogP contribution in [0.2, 0.25) is 0 Å². The van der Waals surface area contributed by atoms with Crippen molar-refractivity contribution in [1.29, 1.82) is 0 Å². The molecule has 0 radical (unpaired) electrons. The lowest BCUT2D eigenvalue weighted by Gasteiger charge is -2.22. The Balaban J connectivity index is 2.03. The van der Waals surface area contributed by atoms with Gasteiger partial charge in [0.2, 0.25) is 5.91 Å². The predicted octanol–water partition coefficient (Wildman–Crippen LogP) is 3.38. The van der Waals surface area contributed by atoms with E-state index in [-0.39, 0.29) is 36.7 Å². The molecule has 0 aliphatic carbocycles. The van der Waals surface area contributed by atoms with Gasteiger partial charge >= 0.3 is 6.61 Å². The van der Waals surface area contributed by atoms with Gasteiger partial charge in [0, 0.05) is 24.2 Å². The molecule has 2 amide bonds. The molecule has 0 atom stereocenters. The van der Waals surface area contributed by atoms with Gasteiger partial charge in [0.1, 0.15) is 5.82 Å². The van der Waals surface area contributed by atoms with Crippen LogP contribution in [0.1, 0.15) is 15.9 Å². The number of hydrogen-bond donors (Lipinski definition) is 1. The van der Waals surface area contributed by atoms with Gasteiger partial charge in [-0.15, -0.1) is 6.58 Å². The number of hydrogen-bond acceptors (Lipinski definition) is 4. The summed E-state index contributed by atoms with van der Waals surface area (Å²) in [4.78, 5) is 26.2. The molecule has 0 aromatic heterocycles. The fraction of sp³-hybridized carbons (Fsp3) is 0.238. The minimum atomic E-state index is -3.04. The SMILES string of the molecule is C=CCN(Cc1ccccc1F)C(=O)CNC(=O)c1ccc(OC(F)F)c(OC)c1. The minimum Gasteiger partial charge on any atom is -0.493 e. The van der Waals surface area contributed by atoms with Crippen LogP contribution in [0.15, 0.2) is 55.1 Å². The summed E-state index contributed by atoms with van der Waals surface area (Å²) >= 11 is 0. The number of halogens is 3. The van der Waals surface area contributed by atoms with E-state index in [9.17, 15) is 22.8 Å². The van der Waals surface area contributed by atoms with Crippen molar-refractivity contribution >= 4 is 11.8 Å². The highest BCUT2D eigenvalue weighted by Crippen LogP contribution is 2.29. The second-order valence-corrected chi connectivity index (χ2v) is 6.08. The van der Waals surface area contributed by atoms with Gasteiger partial charge in [0.25, 0.3) is 5.91 Å². The van der Waals surface area contributed by atoms with Crippen LogP contribution in [0.4, 0.5) is 13.2 Å². The molecule has 0 bridgehead atoms. The summed E-state index contributed by atoms with van der Waals surface area (Å²) in [6, 6.07) is 9.72. The van der Waals surface area contributed by atoms with Gasteiger partial charge in [-0.05, 0) is 24.3 Å². The Labute approximate surface area is 171 Å². The Hall–Kier alpha value is -3.49. The van der Waals surface area contributed by atoms with Crippen molar-refractivity contribution < 1.29 is 32.2 Å². The van der Waals surface area contributed by atoms with Crippen LogP contribution in [-0.4, -0.2) is 43.5 Å². The third-order valence-electron chi connectivity index (χ3n) is 4.06. The van der Waals surface area contributed by atoms with Gasteiger partial charge in [-0.1, -0.05) is 24.3 Å². The maximum atomic E-state index is 13.9. The Morgan fingerprint density at radius 1 is 1.20 bits per heavy atom. The largest absolute Gasteiger partial charge is 0.493 e. The van der Waals surface area contributed by atoms with E-state index >= 15 is 0 Å². The third-order valence-corrected chi connectivity index (χ3v) is 4.06. The standard InChI is InChI=1S/C21H21F3N2O4/c1-3-10-26(13-15-6-4-5-7-16(15)22)19(27)12-25-20(28)14-8-9-17(30-21(23)24)18(11-14)29-2/h3-9,11,21H,1,10,12-13H2,2H3,(H,25,28). The van der Waals surface area contributed by atoms with Crippen LogP contribution in [-0.2, 0) is 11.3 Å². The van der Waals surface area contributed by atoms with E-state index in [0.29, 0.717) is 5.56 Å². The van der Waals surface area contributed by atoms with E-state index in [0.717, 1.165) is 0 Å². The maximum absolute atomic E-state index is 13.9.